The smallest absolute Gasteiger partial charge is 0.258 e. The van der Waals surface area contributed by atoms with Gasteiger partial charge >= 0.3 is 0 Å². The quantitative estimate of drug-likeness (QED) is 0.350. The molecule has 3 aromatic carbocycles. The van der Waals surface area contributed by atoms with Gasteiger partial charge in [0.2, 0.25) is 10.0 Å². The van der Waals surface area contributed by atoms with Gasteiger partial charge in [0.15, 0.2) is 5.78 Å². The number of amides is 1. The number of piperidine rings is 1. The zero-order chi connectivity index (χ0) is 28.7. The van der Waals surface area contributed by atoms with Crippen molar-refractivity contribution in [2.75, 3.05) is 44.4 Å². The Morgan fingerprint density at radius 3 is 2.23 bits per heavy atom. The Hall–Kier alpha value is -3.60. The fourth-order valence-electron chi connectivity index (χ4n) is 4.83. The summed E-state index contributed by atoms with van der Waals surface area (Å²) >= 11 is 0. The van der Waals surface area contributed by atoms with Crippen molar-refractivity contribution in [3.63, 3.8) is 0 Å². The summed E-state index contributed by atoms with van der Waals surface area (Å²) < 4.78 is 44.0. The van der Waals surface area contributed by atoms with Gasteiger partial charge in [0, 0.05) is 36.7 Å². The second-order valence-corrected chi connectivity index (χ2v) is 11.7. The first-order valence-corrected chi connectivity index (χ1v) is 15.0. The molecule has 0 saturated carbocycles. The van der Waals surface area contributed by atoms with E-state index in [9.17, 15) is 22.4 Å². The summed E-state index contributed by atoms with van der Waals surface area (Å²) in [5.74, 6) is -0.0487. The molecule has 0 spiro atoms. The number of likely N-dealkylation sites (tertiary alicyclic amines) is 1. The zero-order valence-electron chi connectivity index (χ0n) is 22.7. The van der Waals surface area contributed by atoms with Gasteiger partial charge in [-0.2, -0.15) is 0 Å². The van der Waals surface area contributed by atoms with E-state index in [-0.39, 0.29) is 30.0 Å². The summed E-state index contributed by atoms with van der Waals surface area (Å²) in [7, 11) is -1.76. The zero-order valence-corrected chi connectivity index (χ0v) is 23.5. The van der Waals surface area contributed by atoms with E-state index in [1.165, 1.54) is 24.3 Å². The molecule has 1 fully saturated rings. The van der Waals surface area contributed by atoms with E-state index in [4.69, 9.17) is 4.74 Å². The first-order chi connectivity index (χ1) is 19.1. The lowest BCUT2D eigenvalue weighted by Crippen LogP contribution is -2.43. The van der Waals surface area contributed by atoms with Crippen LogP contribution in [-0.2, 0) is 16.6 Å². The van der Waals surface area contributed by atoms with Crippen molar-refractivity contribution in [3.05, 3.63) is 95.3 Å². The number of anilines is 1. The van der Waals surface area contributed by atoms with E-state index in [0.29, 0.717) is 61.6 Å². The van der Waals surface area contributed by atoms with Crippen molar-refractivity contribution in [2.24, 2.45) is 5.92 Å². The minimum atomic E-state index is -3.32. The lowest BCUT2D eigenvalue weighted by atomic mass is 9.89. The van der Waals surface area contributed by atoms with Gasteiger partial charge in [0.1, 0.15) is 11.6 Å². The number of hydrogen-bond donors (Lipinski definition) is 1. The number of ether oxygens (including phenoxy) is 1. The number of hydrogen-bond acceptors (Lipinski definition) is 6. The highest BCUT2D eigenvalue weighted by Crippen LogP contribution is 2.29. The van der Waals surface area contributed by atoms with Crippen LogP contribution in [0.25, 0.3) is 0 Å². The molecule has 0 unspecified atom stereocenters. The SMILES string of the molecule is COc1ccccc1N(CCN1CCC(C(=O)c2ccc(F)cc2)CC1)C(=O)c1ccc(CNS(C)(=O)=O)cc1. The highest BCUT2D eigenvalue weighted by Gasteiger charge is 2.27. The van der Waals surface area contributed by atoms with Crippen LogP contribution in [0, 0.1) is 11.7 Å². The summed E-state index contributed by atoms with van der Waals surface area (Å²) in [6.45, 7) is 2.59. The molecule has 40 heavy (non-hydrogen) atoms. The molecule has 0 radical (unpaired) electrons. The maximum Gasteiger partial charge on any atom is 0.258 e. The molecule has 1 heterocycles. The van der Waals surface area contributed by atoms with Crippen molar-refractivity contribution in [2.45, 2.75) is 19.4 Å². The van der Waals surface area contributed by atoms with Crippen LogP contribution in [0.15, 0.2) is 72.8 Å². The maximum absolute atomic E-state index is 13.7. The Kier molecular flexibility index (Phi) is 9.67. The Morgan fingerprint density at radius 1 is 0.975 bits per heavy atom. The van der Waals surface area contributed by atoms with E-state index in [2.05, 4.69) is 9.62 Å². The van der Waals surface area contributed by atoms with Crippen LogP contribution >= 0.6 is 0 Å². The standard InChI is InChI=1S/C30H34FN3O5S/c1-39-28-6-4-3-5-27(28)34(30(36)25-9-7-22(8-10-25)21-32-40(2,37)38)20-19-33-17-15-24(16-18-33)29(35)23-11-13-26(31)14-12-23/h3-14,24,32H,15-21H2,1-2H3. The molecule has 1 amide bonds. The number of sulfonamides is 1. The third-order valence-electron chi connectivity index (χ3n) is 7.09. The molecule has 3 aromatic rings. The summed E-state index contributed by atoms with van der Waals surface area (Å²) in [6, 6.07) is 19.9. The fourth-order valence-corrected chi connectivity index (χ4v) is 5.26. The molecule has 8 nitrogen and oxygen atoms in total. The van der Waals surface area contributed by atoms with E-state index in [1.807, 2.05) is 24.3 Å². The number of rotatable bonds is 11. The fraction of sp³-hybridized carbons (Fsp3) is 0.333. The minimum Gasteiger partial charge on any atom is -0.495 e. The van der Waals surface area contributed by atoms with E-state index in [0.717, 1.165) is 11.8 Å². The van der Waals surface area contributed by atoms with E-state index < -0.39 is 10.0 Å². The molecule has 1 saturated heterocycles. The van der Waals surface area contributed by atoms with E-state index >= 15 is 0 Å². The summed E-state index contributed by atoms with van der Waals surface area (Å²) in [5.41, 5.74) is 2.39. The first-order valence-electron chi connectivity index (χ1n) is 13.1. The first kappa shape index (κ1) is 29.4. The molecular weight excluding hydrogens is 533 g/mol. The molecule has 1 N–H and O–H groups in total. The van der Waals surface area contributed by atoms with Crippen LogP contribution in [-0.4, -0.2) is 64.6 Å². The highest BCUT2D eigenvalue weighted by molar-refractivity contribution is 7.88. The number of carbonyl (C=O) groups is 2. The maximum atomic E-state index is 13.7. The average Bonchev–Trinajstić information content (AvgIpc) is 2.96. The molecule has 1 aliphatic heterocycles. The molecule has 4 rings (SSSR count). The highest BCUT2D eigenvalue weighted by atomic mass is 32.2. The lowest BCUT2D eigenvalue weighted by Gasteiger charge is -2.33. The van der Waals surface area contributed by atoms with Crippen LogP contribution in [0.1, 0.15) is 39.1 Å². The van der Waals surface area contributed by atoms with Crippen molar-refractivity contribution >= 4 is 27.4 Å². The van der Waals surface area contributed by atoms with Crippen LogP contribution in [0.3, 0.4) is 0 Å². The molecule has 0 aromatic heterocycles. The van der Waals surface area contributed by atoms with Gasteiger partial charge in [-0.25, -0.2) is 17.5 Å². The predicted octanol–water partition coefficient (Wildman–Crippen LogP) is 4.13. The third kappa shape index (κ3) is 7.74. The lowest BCUT2D eigenvalue weighted by molar-refractivity contribution is 0.0841. The van der Waals surface area contributed by atoms with Crippen LogP contribution in [0.4, 0.5) is 10.1 Å². The number of halogens is 1. The molecule has 1 aliphatic rings. The average molecular weight is 568 g/mol. The van der Waals surface area contributed by atoms with Crippen LogP contribution in [0.5, 0.6) is 5.75 Å². The number of ketones is 1. The number of benzene rings is 3. The molecule has 212 valence electrons. The molecule has 0 atom stereocenters. The Morgan fingerprint density at radius 2 is 1.60 bits per heavy atom. The largest absolute Gasteiger partial charge is 0.495 e. The van der Waals surface area contributed by atoms with Crippen molar-refractivity contribution in [1.29, 1.82) is 0 Å². The van der Waals surface area contributed by atoms with Gasteiger partial charge in [-0.15, -0.1) is 0 Å². The van der Waals surface area contributed by atoms with E-state index in [1.54, 1.807) is 36.3 Å². The summed E-state index contributed by atoms with van der Waals surface area (Å²) in [4.78, 5) is 30.5. The Labute approximate surface area is 234 Å². The van der Waals surface area contributed by atoms with Crippen molar-refractivity contribution in [3.8, 4) is 5.75 Å². The van der Waals surface area contributed by atoms with Gasteiger partial charge in [-0.3, -0.25) is 9.59 Å². The Balaban J connectivity index is 1.43. The molecule has 10 heteroatoms. The van der Waals surface area contributed by atoms with Gasteiger partial charge in [-0.05, 0) is 80.0 Å². The number of methoxy groups -OCH3 is 1. The molecular formula is C30H34FN3O5S. The minimum absolute atomic E-state index is 0.0423. The molecule has 0 bridgehead atoms. The van der Waals surface area contributed by atoms with Crippen molar-refractivity contribution in [1.82, 2.24) is 9.62 Å². The monoisotopic (exact) mass is 567 g/mol. The second-order valence-electron chi connectivity index (χ2n) is 9.91. The summed E-state index contributed by atoms with van der Waals surface area (Å²) in [6.07, 6.45) is 2.49. The third-order valence-corrected chi connectivity index (χ3v) is 7.76. The van der Waals surface area contributed by atoms with Crippen LogP contribution < -0.4 is 14.4 Å². The number of nitrogens with one attached hydrogen (secondary N) is 1. The van der Waals surface area contributed by atoms with Gasteiger partial charge in [-0.1, -0.05) is 24.3 Å². The number of nitrogens with zero attached hydrogens (tertiary/aromatic N) is 2. The van der Waals surface area contributed by atoms with Gasteiger partial charge < -0.3 is 14.5 Å². The summed E-state index contributed by atoms with van der Waals surface area (Å²) in [5, 5.41) is 0. The van der Waals surface area contributed by atoms with Gasteiger partial charge in [0.25, 0.3) is 5.91 Å². The van der Waals surface area contributed by atoms with Crippen LogP contribution in [0.2, 0.25) is 0 Å². The van der Waals surface area contributed by atoms with Crippen molar-refractivity contribution < 1.29 is 27.1 Å². The molecule has 0 aliphatic carbocycles. The number of para-hydroxylation sites is 2. The van der Waals surface area contributed by atoms with Gasteiger partial charge in [0.05, 0.1) is 19.1 Å². The second kappa shape index (κ2) is 13.2. The topological polar surface area (TPSA) is 96.0 Å². The number of carbonyl (C=O) groups excluding carboxylic acids is 2. The normalized spacial score (nSPS) is 14.6. The number of Topliss-reactive ketones (excluding diaryl/α,β-unsaturated/α-hetero) is 1. The predicted molar refractivity (Wildman–Crippen MR) is 153 cm³/mol. The Bertz CT molecular complexity index is 1420.